The lowest BCUT2D eigenvalue weighted by Gasteiger charge is -2.05. The largest absolute Gasteiger partial charge is 0.380 e. The van der Waals surface area contributed by atoms with Crippen LogP contribution in [0.2, 0.25) is 5.15 Å². The fraction of sp³-hybridized carbons (Fsp3) is 0.182. The van der Waals surface area contributed by atoms with Crippen LogP contribution in [-0.2, 0) is 6.54 Å². The molecule has 0 saturated heterocycles. The van der Waals surface area contributed by atoms with Crippen LogP contribution in [0.3, 0.4) is 0 Å². The van der Waals surface area contributed by atoms with E-state index in [1.54, 1.807) is 23.6 Å². The van der Waals surface area contributed by atoms with Gasteiger partial charge in [-0.15, -0.1) is 11.3 Å². The maximum atomic E-state index is 5.71. The van der Waals surface area contributed by atoms with E-state index in [4.69, 9.17) is 11.6 Å². The molecule has 0 aromatic carbocycles. The predicted molar refractivity (Wildman–Crippen MR) is 65.6 cm³/mol. The molecule has 0 spiro atoms. The minimum atomic E-state index is 0.533. The number of hydrogen-bond acceptors (Lipinski definition) is 3. The van der Waals surface area contributed by atoms with Crippen molar-refractivity contribution in [2.45, 2.75) is 13.5 Å². The van der Waals surface area contributed by atoms with Gasteiger partial charge >= 0.3 is 0 Å². The van der Waals surface area contributed by atoms with Crippen molar-refractivity contribution in [3.63, 3.8) is 0 Å². The third-order valence-corrected chi connectivity index (χ3v) is 3.21. The fourth-order valence-electron chi connectivity index (χ4n) is 1.25. The van der Waals surface area contributed by atoms with Crippen molar-refractivity contribution in [3.8, 4) is 0 Å². The van der Waals surface area contributed by atoms with Crippen molar-refractivity contribution in [2.75, 3.05) is 5.32 Å². The van der Waals surface area contributed by atoms with Gasteiger partial charge in [0.25, 0.3) is 0 Å². The highest BCUT2D eigenvalue weighted by molar-refractivity contribution is 7.08. The molecule has 0 saturated carbocycles. The third kappa shape index (κ3) is 2.70. The number of thiophene rings is 1. The van der Waals surface area contributed by atoms with Crippen LogP contribution in [-0.4, -0.2) is 4.98 Å². The molecule has 0 fully saturated rings. The lowest BCUT2D eigenvalue weighted by Crippen LogP contribution is -1.99. The smallest absolute Gasteiger partial charge is 0.129 e. The summed E-state index contributed by atoms with van der Waals surface area (Å²) >= 11 is 7.41. The fourth-order valence-corrected chi connectivity index (χ4v) is 2.17. The standard InChI is InChI=1S/C11H11ClN2S/c1-8-6-15-7-10(8)13-4-9-2-3-11(12)14-5-9/h2-3,5-7,13H,4H2,1H3. The number of nitrogens with zero attached hydrogens (tertiary/aromatic N) is 1. The Kier molecular flexibility index (Phi) is 3.23. The minimum Gasteiger partial charge on any atom is -0.380 e. The zero-order valence-electron chi connectivity index (χ0n) is 8.33. The minimum absolute atomic E-state index is 0.533. The topological polar surface area (TPSA) is 24.9 Å². The van der Waals surface area contributed by atoms with E-state index in [9.17, 15) is 0 Å². The first kappa shape index (κ1) is 10.5. The van der Waals surface area contributed by atoms with Crippen molar-refractivity contribution in [1.82, 2.24) is 4.98 Å². The molecule has 0 unspecified atom stereocenters. The Balaban J connectivity index is 1.99. The molecule has 0 aliphatic rings. The summed E-state index contributed by atoms with van der Waals surface area (Å²) in [7, 11) is 0. The molecule has 0 bridgehead atoms. The van der Waals surface area contributed by atoms with Crippen molar-refractivity contribution >= 4 is 28.6 Å². The van der Waals surface area contributed by atoms with Gasteiger partial charge in [-0.25, -0.2) is 4.98 Å². The molecule has 0 radical (unpaired) electrons. The second kappa shape index (κ2) is 4.64. The Labute approximate surface area is 97.9 Å². The second-order valence-corrected chi connectivity index (χ2v) is 4.44. The summed E-state index contributed by atoms with van der Waals surface area (Å²) in [5, 5.41) is 8.13. The Morgan fingerprint density at radius 2 is 2.27 bits per heavy atom. The van der Waals surface area contributed by atoms with Crippen LogP contribution in [0.4, 0.5) is 5.69 Å². The number of halogens is 1. The van der Waals surface area contributed by atoms with E-state index >= 15 is 0 Å². The molecule has 15 heavy (non-hydrogen) atoms. The molecule has 2 aromatic heterocycles. The van der Waals surface area contributed by atoms with Crippen LogP contribution >= 0.6 is 22.9 Å². The molecule has 2 heterocycles. The van der Waals surface area contributed by atoms with Gasteiger partial charge in [-0.3, -0.25) is 0 Å². The molecule has 78 valence electrons. The summed E-state index contributed by atoms with van der Waals surface area (Å²) in [6.45, 7) is 2.88. The Morgan fingerprint density at radius 1 is 1.40 bits per heavy atom. The van der Waals surface area contributed by atoms with Crippen LogP contribution in [0.15, 0.2) is 29.1 Å². The van der Waals surface area contributed by atoms with Gasteiger partial charge in [0.05, 0.1) is 0 Å². The van der Waals surface area contributed by atoms with E-state index in [2.05, 4.69) is 28.0 Å². The number of rotatable bonds is 3. The molecule has 1 N–H and O–H groups in total. The average molecular weight is 239 g/mol. The van der Waals surface area contributed by atoms with Crippen LogP contribution in [0.1, 0.15) is 11.1 Å². The molecule has 2 nitrogen and oxygen atoms in total. The zero-order valence-corrected chi connectivity index (χ0v) is 9.90. The first-order chi connectivity index (χ1) is 7.25. The van der Waals surface area contributed by atoms with E-state index in [-0.39, 0.29) is 0 Å². The number of pyridine rings is 1. The Bertz CT molecular complexity index is 436. The van der Waals surface area contributed by atoms with Crippen LogP contribution in [0.5, 0.6) is 0 Å². The van der Waals surface area contributed by atoms with Crippen LogP contribution in [0, 0.1) is 6.92 Å². The summed E-state index contributed by atoms with van der Waals surface area (Å²) in [5.41, 5.74) is 3.60. The molecule has 0 atom stereocenters. The summed E-state index contributed by atoms with van der Waals surface area (Å²) < 4.78 is 0. The predicted octanol–water partition coefficient (Wildman–Crippen LogP) is 3.72. The number of anilines is 1. The number of hydrogen-bond donors (Lipinski definition) is 1. The molecule has 0 aliphatic carbocycles. The van der Waals surface area contributed by atoms with Crippen LogP contribution in [0.25, 0.3) is 0 Å². The summed E-state index contributed by atoms with van der Waals surface area (Å²) in [6.07, 6.45) is 1.79. The summed E-state index contributed by atoms with van der Waals surface area (Å²) in [6, 6.07) is 3.78. The molecular formula is C11H11ClN2S. The lowest BCUT2D eigenvalue weighted by atomic mass is 10.2. The van der Waals surface area contributed by atoms with E-state index in [0.29, 0.717) is 5.15 Å². The molecule has 2 aromatic rings. The maximum Gasteiger partial charge on any atom is 0.129 e. The highest BCUT2D eigenvalue weighted by Crippen LogP contribution is 2.20. The number of nitrogens with one attached hydrogen (secondary N) is 1. The van der Waals surface area contributed by atoms with Gasteiger partial charge in [-0.05, 0) is 29.5 Å². The quantitative estimate of drug-likeness (QED) is 0.825. The van der Waals surface area contributed by atoms with Crippen molar-refractivity contribution in [2.24, 2.45) is 0 Å². The zero-order chi connectivity index (χ0) is 10.7. The van der Waals surface area contributed by atoms with E-state index in [1.807, 2.05) is 6.07 Å². The van der Waals surface area contributed by atoms with Gasteiger partial charge in [0, 0.05) is 23.8 Å². The van der Waals surface area contributed by atoms with Crippen molar-refractivity contribution in [3.05, 3.63) is 45.4 Å². The van der Waals surface area contributed by atoms with Gasteiger partial charge in [0.1, 0.15) is 5.15 Å². The Morgan fingerprint density at radius 3 is 2.87 bits per heavy atom. The first-order valence-corrected chi connectivity index (χ1v) is 5.95. The van der Waals surface area contributed by atoms with E-state index in [0.717, 1.165) is 12.1 Å². The monoisotopic (exact) mass is 238 g/mol. The summed E-state index contributed by atoms with van der Waals surface area (Å²) in [4.78, 5) is 4.03. The molecule has 2 rings (SSSR count). The number of aromatic nitrogens is 1. The maximum absolute atomic E-state index is 5.71. The van der Waals surface area contributed by atoms with E-state index < -0.39 is 0 Å². The number of aryl methyl sites for hydroxylation is 1. The van der Waals surface area contributed by atoms with Crippen LogP contribution < -0.4 is 5.32 Å². The molecular weight excluding hydrogens is 228 g/mol. The molecule has 4 heteroatoms. The average Bonchev–Trinajstić information content (AvgIpc) is 2.63. The highest BCUT2D eigenvalue weighted by atomic mass is 35.5. The van der Waals surface area contributed by atoms with Crippen molar-refractivity contribution in [1.29, 1.82) is 0 Å². The second-order valence-electron chi connectivity index (χ2n) is 3.31. The van der Waals surface area contributed by atoms with Crippen molar-refractivity contribution < 1.29 is 0 Å². The van der Waals surface area contributed by atoms with Gasteiger partial charge in [-0.2, -0.15) is 0 Å². The third-order valence-electron chi connectivity index (χ3n) is 2.13. The van der Waals surface area contributed by atoms with Gasteiger partial charge < -0.3 is 5.32 Å². The van der Waals surface area contributed by atoms with E-state index in [1.165, 1.54) is 11.3 Å². The Hall–Kier alpha value is -1.06. The molecule has 0 aliphatic heterocycles. The van der Waals surface area contributed by atoms with Gasteiger partial charge in [0.2, 0.25) is 0 Å². The SMILES string of the molecule is Cc1cscc1NCc1ccc(Cl)nc1. The van der Waals surface area contributed by atoms with Gasteiger partial charge in [0.15, 0.2) is 0 Å². The van der Waals surface area contributed by atoms with Gasteiger partial charge in [-0.1, -0.05) is 17.7 Å². The lowest BCUT2D eigenvalue weighted by molar-refractivity contribution is 1.11. The first-order valence-electron chi connectivity index (χ1n) is 4.63. The summed E-state index contributed by atoms with van der Waals surface area (Å²) in [5.74, 6) is 0. The molecule has 0 amide bonds. The highest BCUT2D eigenvalue weighted by Gasteiger charge is 1.98. The normalized spacial score (nSPS) is 10.3.